The van der Waals surface area contributed by atoms with Crippen molar-refractivity contribution in [3.63, 3.8) is 0 Å². The minimum atomic E-state index is -0.240. The average molecular weight is 379 g/mol. The van der Waals surface area contributed by atoms with Crippen molar-refractivity contribution in [2.75, 3.05) is 11.4 Å². The predicted octanol–water partition coefficient (Wildman–Crippen LogP) is 3.62. The quantitative estimate of drug-likeness (QED) is 0.753. The fourth-order valence-electron chi connectivity index (χ4n) is 3.20. The molecule has 2 aromatic carbocycles. The molecule has 136 valence electrons. The number of nitrogens with one attached hydrogen (secondary N) is 1. The summed E-state index contributed by atoms with van der Waals surface area (Å²) in [4.78, 5) is 23.4. The molecule has 0 radical (unpaired) electrons. The summed E-state index contributed by atoms with van der Waals surface area (Å²) in [5, 5.41) is 3.50. The number of aromatic nitrogens is 2. The molecule has 0 fully saturated rings. The van der Waals surface area contributed by atoms with E-state index in [1.165, 1.54) is 11.1 Å². The van der Waals surface area contributed by atoms with E-state index < -0.39 is 0 Å². The molecular weight excluding hydrogens is 360 g/mol. The molecule has 0 spiro atoms. The van der Waals surface area contributed by atoms with Crippen molar-refractivity contribution < 1.29 is 4.79 Å². The van der Waals surface area contributed by atoms with E-state index in [-0.39, 0.29) is 5.91 Å². The number of nitrogens with zero attached hydrogens (tertiary/aromatic N) is 3. The van der Waals surface area contributed by atoms with Crippen LogP contribution >= 0.6 is 11.6 Å². The average Bonchev–Trinajstić information content (AvgIpc) is 2.72. The number of halogens is 1. The molecule has 0 bridgehead atoms. The minimum absolute atomic E-state index is 0.240. The fourth-order valence-corrected chi connectivity index (χ4v) is 3.40. The van der Waals surface area contributed by atoms with Gasteiger partial charge in [-0.25, -0.2) is 9.97 Å². The van der Waals surface area contributed by atoms with Crippen LogP contribution in [0.1, 0.15) is 27.2 Å². The molecule has 0 atom stereocenters. The van der Waals surface area contributed by atoms with Gasteiger partial charge >= 0.3 is 0 Å². The molecule has 4 rings (SSSR count). The molecule has 0 unspecified atom stereocenters. The zero-order valence-corrected chi connectivity index (χ0v) is 15.5. The van der Waals surface area contributed by atoms with E-state index in [4.69, 9.17) is 11.6 Å². The third-order valence-corrected chi connectivity index (χ3v) is 5.05. The Hall–Kier alpha value is -2.92. The molecule has 27 heavy (non-hydrogen) atoms. The number of carbonyl (C=O) groups is 1. The first-order chi connectivity index (χ1) is 13.2. The van der Waals surface area contributed by atoms with Crippen molar-refractivity contribution in [3.05, 3.63) is 88.2 Å². The lowest BCUT2D eigenvalue weighted by Crippen LogP contribution is -2.32. The van der Waals surface area contributed by atoms with E-state index in [2.05, 4.69) is 38.4 Å². The van der Waals surface area contributed by atoms with Crippen LogP contribution in [0.4, 0.5) is 5.95 Å². The van der Waals surface area contributed by atoms with E-state index in [1.807, 2.05) is 24.3 Å². The van der Waals surface area contributed by atoms with Crippen molar-refractivity contribution in [1.29, 1.82) is 0 Å². The summed E-state index contributed by atoms with van der Waals surface area (Å²) in [7, 11) is 0. The Morgan fingerprint density at radius 1 is 1.07 bits per heavy atom. The summed E-state index contributed by atoms with van der Waals surface area (Å²) in [5.74, 6) is 0.339. The fraction of sp³-hybridized carbons (Fsp3) is 0.190. The van der Waals surface area contributed by atoms with Crippen molar-refractivity contribution in [3.8, 4) is 0 Å². The Labute approximate surface area is 163 Å². The number of carbonyl (C=O) groups excluding carboxylic acids is 1. The van der Waals surface area contributed by atoms with Crippen LogP contribution in [0.5, 0.6) is 0 Å². The molecule has 3 aromatic rings. The van der Waals surface area contributed by atoms with Gasteiger partial charge in [-0.2, -0.15) is 0 Å². The van der Waals surface area contributed by atoms with Gasteiger partial charge in [0.1, 0.15) is 5.69 Å². The monoisotopic (exact) mass is 378 g/mol. The van der Waals surface area contributed by atoms with Gasteiger partial charge in [-0.1, -0.05) is 54.1 Å². The van der Waals surface area contributed by atoms with Gasteiger partial charge in [-0.05, 0) is 35.2 Å². The summed E-state index contributed by atoms with van der Waals surface area (Å²) in [6.45, 7) is 1.94. The Kier molecular flexibility index (Phi) is 5.03. The zero-order valence-electron chi connectivity index (χ0n) is 14.7. The Balaban J connectivity index is 1.46. The molecule has 2 heterocycles. The molecule has 6 heteroatoms. The first-order valence-electron chi connectivity index (χ1n) is 8.87. The Bertz CT molecular complexity index is 976. The number of benzene rings is 2. The summed E-state index contributed by atoms with van der Waals surface area (Å²) < 4.78 is 0. The standard InChI is InChI=1S/C21H19ClN4O/c22-18-8-4-3-6-16(18)13-24-20(27)19-9-11-23-21(25-19)26-12-10-15-5-1-2-7-17(15)14-26/h1-9,11H,10,12-14H2,(H,24,27). The van der Waals surface area contributed by atoms with Gasteiger partial charge in [0.25, 0.3) is 5.91 Å². The second-order valence-corrected chi connectivity index (χ2v) is 6.86. The lowest BCUT2D eigenvalue weighted by atomic mass is 10.0. The Morgan fingerprint density at radius 2 is 1.85 bits per heavy atom. The predicted molar refractivity (Wildman–Crippen MR) is 106 cm³/mol. The molecule has 1 aliphatic rings. The number of hydrogen-bond acceptors (Lipinski definition) is 4. The van der Waals surface area contributed by atoms with Gasteiger partial charge in [0.2, 0.25) is 5.95 Å². The maximum absolute atomic E-state index is 12.5. The summed E-state index contributed by atoms with van der Waals surface area (Å²) in [5.41, 5.74) is 3.86. The summed E-state index contributed by atoms with van der Waals surface area (Å²) in [6.07, 6.45) is 2.58. The third kappa shape index (κ3) is 3.93. The molecule has 0 saturated heterocycles. The molecule has 1 aliphatic heterocycles. The van der Waals surface area contributed by atoms with Gasteiger partial charge in [0.05, 0.1) is 0 Å². The van der Waals surface area contributed by atoms with Crippen LogP contribution in [-0.4, -0.2) is 22.4 Å². The van der Waals surface area contributed by atoms with E-state index in [9.17, 15) is 4.79 Å². The van der Waals surface area contributed by atoms with Gasteiger partial charge in [0, 0.05) is 30.9 Å². The van der Waals surface area contributed by atoms with Gasteiger partial charge in [0.15, 0.2) is 0 Å². The van der Waals surface area contributed by atoms with Crippen LogP contribution < -0.4 is 10.2 Å². The molecule has 0 aliphatic carbocycles. The van der Waals surface area contributed by atoms with Gasteiger partial charge < -0.3 is 10.2 Å². The second kappa shape index (κ2) is 7.76. The highest BCUT2D eigenvalue weighted by molar-refractivity contribution is 6.31. The summed E-state index contributed by atoms with van der Waals surface area (Å²) in [6, 6.07) is 17.5. The smallest absolute Gasteiger partial charge is 0.270 e. The summed E-state index contributed by atoms with van der Waals surface area (Å²) >= 11 is 6.14. The molecule has 0 saturated carbocycles. The highest BCUT2D eigenvalue weighted by atomic mass is 35.5. The molecule has 5 nitrogen and oxygen atoms in total. The van der Waals surface area contributed by atoms with Crippen LogP contribution in [0.2, 0.25) is 5.02 Å². The number of fused-ring (bicyclic) bond motifs is 1. The van der Waals surface area contributed by atoms with E-state index in [1.54, 1.807) is 18.3 Å². The molecule has 1 N–H and O–H groups in total. The highest BCUT2D eigenvalue weighted by Crippen LogP contribution is 2.22. The van der Waals surface area contributed by atoms with Crippen molar-refractivity contribution in [2.24, 2.45) is 0 Å². The van der Waals surface area contributed by atoms with Crippen molar-refractivity contribution in [2.45, 2.75) is 19.5 Å². The Morgan fingerprint density at radius 3 is 2.70 bits per heavy atom. The lowest BCUT2D eigenvalue weighted by molar-refractivity contribution is 0.0946. The topological polar surface area (TPSA) is 58.1 Å². The van der Waals surface area contributed by atoms with E-state index in [0.717, 1.165) is 25.1 Å². The van der Waals surface area contributed by atoms with Crippen LogP contribution in [0.25, 0.3) is 0 Å². The number of amides is 1. The maximum atomic E-state index is 12.5. The lowest BCUT2D eigenvalue weighted by Gasteiger charge is -2.28. The first kappa shape index (κ1) is 17.5. The van der Waals surface area contributed by atoms with Crippen LogP contribution in [-0.2, 0) is 19.5 Å². The van der Waals surface area contributed by atoms with Crippen LogP contribution in [0, 0.1) is 0 Å². The number of anilines is 1. The largest absolute Gasteiger partial charge is 0.347 e. The zero-order chi connectivity index (χ0) is 18.6. The minimum Gasteiger partial charge on any atom is -0.347 e. The molecule has 1 amide bonds. The van der Waals surface area contributed by atoms with Crippen LogP contribution in [0.3, 0.4) is 0 Å². The molecule has 1 aromatic heterocycles. The third-order valence-electron chi connectivity index (χ3n) is 4.69. The van der Waals surface area contributed by atoms with E-state index in [0.29, 0.717) is 23.2 Å². The van der Waals surface area contributed by atoms with Gasteiger partial charge in [-0.15, -0.1) is 0 Å². The second-order valence-electron chi connectivity index (χ2n) is 6.46. The number of rotatable bonds is 4. The first-order valence-corrected chi connectivity index (χ1v) is 9.25. The maximum Gasteiger partial charge on any atom is 0.270 e. The van der Waals surface area contributed by atoms with Crippen LogP contribution in [0.15, 0.2) is 60.8 Å². The van der Waals surface area contributed by atoms with Crippen molar-refractivity contribution >= 4 is 23.5 Å². The van der Waals surface area contributed by atoms with Crippen molar-refractivity contribution in [1.82, 2.24) is 15.3 Å². The highest BCUT2D eigenvalue weighted by Gasteiger charge is 2.19. The van der Waals surface area contributed by atoms with Gasteiger partial charge in [-0.3, -0.25) is 4.79 Å². The van der Waals surface area contributed by atoms with E-state index >= 15 is 0 Å². The SMILES string of the molecule is O=C(NCc1ccccc1Cl)c1ccnc(N2CCc3ccccc3C2)n1. The molecular formula is C21H19ClN4O. The number of hydrogen-bond donors (Lipinski definition) is 1. The normalized spacial score (nSPS) is 13.1.